The van der Waals surface area contributed by atoms with Crippen LogP contribution in [0.5, 0.6) is 0 Å². The molecule has 0 bridgehead atoms. The van der Waals surface area contributed by atoms with E-state index in [0.29, 0.717) is 6.04 Å². The molecular weight excluding hydrogens is 308 g/mol. The van der Waals surface area contributed by atoms with Crippen molar-refractivity contribution in [3.63, 3.8) is 0 Å². The van der Waals surface area contributed by atoms with Gasteiger partial charge in [0.25, 0.3) is 0 Å². The van der Waals surface area contributed by atoms with Crippen molar-refractivity contribution >= 4 is 41.5 Å². The number of thioether (sulfide) groups is 1. The van der Waals surface area contributed by atoms with Crippen molar-refractivity contribution in [3.8, 4) is 0 Å². The summed E-state index contributed by atoms with van der Waals surface area (Å²) in [6.45, 7) is 1.71. The molecule has 7 heteroatoms. The van der Waals surface area contributed by atoms with Gasteiger partial charge in [-0.25, -0.2) is 0 Å². The van der Waals surface area contributed by atoms with Crippen LogP contribution in [-0.2, 0) is 4.79 Å². The van der Waals surface area contributed by atoms with E-state index in [9.17, 15) is 4.79 Å². The fraction of sp³-hybridized carbons (Fsp3) is 0.500. The normalized spacial score (nSPS) is 24.7. The molecule has 1 aromatic rings. The van der Waals surface area contributed by atoms with E-state index in [0.717, 1.165) is 42.5 Å². The Balaban J connectivity index is 0.00000161. The highest BCUT2D eigenvalue weighted by atomic mass is 35.5. The predicted molar refractivity (Wildman–Crippen MR) is 91.0 cm³/mol. The number of nitrogens with one attached hydrogen (secondary N) is 2. The van der Waals surface area contributed by atoms with Gasteiger partial charge in [0.1, 0.15) is 0 Å². The zero-order valence-electron chi connectivity index (χ0n) is 11.7. The summed E-state index contributed by atoms with van der Waals surface area (Å²) >= 11 is 1.82. The number of rotatable bonds is 3. The number of benzene rings is 1. The second kappa shape index (κ2) is 7.24. The van der Waals surface area contributed by atoms with Crippen molar-refractivity contribution in [2.45, 2.75) is 18.5 Å². The van der Waals surface area contributed by atoms with Gasteiger partial charge < -0.3 is 21.3 Å². The summed E-state index contributed by atoms with van der Waals surface area (Å²) in [4.78, 5) is 14.2. The summed E-state index contributed by atoms with van der Waals surface area (Å²) in [6.07, 6.45) is 0.838. The molecule has 2 aliphatic rings. The molecule has 2 saturated heterocycles. The highest BCUT2D eigenvalue weighted by Crippen LogP contribution is 2.20. The van der Waals surface area contributed by atoms with Gasteiger partial charge in [-0.3, -0.25) is 4.79 Å². The molecule has 0 spiro atoms. The SMILES string of the molecule is Cl.Nc1ccc(N[C@@H]2CN[C@H](C(=O)N3CCSC3)C2)cc1. The van der Waals surface area contributed by atoms with Crippen LogP contribution in [0.1, 0.15) is 6.42 Å². The van der Waals surface area contributed by atoms with E-state index in [1.165, 1.54) is 0 Å². The van der Waals surface area contributed by atoms with Crippen LogP contribution in [0.25, 0.3) is 0 Å². The molecule has 21 heavy (non-hydrogen) atoms. The fourth-order valence-electron chi connectivity index (χ4n) is 2.66. The summed E-state index contributed by atoms with van der Waals surface area (Å²) in [6, 6.07) is 7.97. The van der Waals surface area contributed by atoms with Gasteiger partial charge in [0.15, 0.2) is 0 Å². The minimum absolute atomic E-state index is 0. The lowest BCUT2D eigenvalue weighted by Gasteiger charge is -2.19. The van der Waals surface area contributed by atoms with Crippen molar-refractivity contribution in [1.82, 2.24) is 10.2 Å². The molecular formula is C14H21ClN4OS. The third-order valence-corrected chi connectivity index (χ3v) is 4.74. The molecule has 3 rings (SSSR count). The second-order valence-corrected chi connectivity index (χ2v) is 6.37. The van der Waals surface area contributed by atoms with Crippen LogP contribution in [0.2, 0.25) is 0 Å². The molecule has 0 aliphatic carbocycles. The van der Waals surface area contributed by atoms with Crippen molar-refractivity contribution < 1.29 is 4.79 Å². The van der Waals surface area contributed by atoms with Crippen molar-refractivity contribution in [3.05, 3.63) is 24.3 Å². The van der Waals surface area contributed by atoms with E-state index in [1.807, 2.05) is 40.9 Å². The Morgan fingerprint density at radius 2 is 2.14 bits per heavy atom. The molecule has 1 aromatic carbocycles. The molecule has 0 aromatic heterocycles. The first kappa shape index (κ1) is 16.3. The highest BCUT2D eigenvalue weighted by molar-refractivity contribution is 7.99. The summed E-state index contributed by atoms with van der Waals surface area (Å²) in [5.41, 5.74) is 7.49. The van der Waals surface area contributed by atoms with Gasteiger partial charge in [-0.05, 0) is 30.7 Å². The van der Waals surface area contributed by atoms with Crippen LogP contribution in [0, 0.1) is 0 Å². The monoisotopic (exact) mass is 328 g/mol. The molecule has 2 atom stereocenters. The quantitative estimate of drug-likeness (QED) is 0.731. The van der Waals surface area contributed by atoms with Crippen LogP contribution in [0.3, 0.4) is 0 Å². The standard InChI is InChI=1S/C14H20N4OS.ClH/c15-10-1-3-11(4-2-10)17-12-7-13(16-8-12)14(19)18-5-6-20-9-18;/h1-4,12-13,16-17H,5-9,15H2;1H/t12-,13-;/m0./s1. The first-order valence-corrected chi connectivity index (χ1v) is 8.10. The van der Waals surface area contributed by atoms with Gasteiger partial charge in [-0.2, -0.15) is 0 Å². The Labute approximate surface area is 135 Å². The fourth-order valence-corrected chi connectivity index (χ4v) is 3.61. The van der Waals surface area contributed by atoms with Crippen molar-refractivity contribution in [2.24, 2.45) is 0 Å². The van der Waals surface area contributed by atoms with Crippen LogP contribution in [0.15, 0.2) is 24.3 Å². The maximum atomic E-state index is 12.3. The number of nitrogen functional groups attached to an aromatic ring is 1. The lowest BCUT2D eigenvalue weighted by Crippen LogP contribution is -2.42. The largest absolute Gasteiger partial charge is 0.399 e. The van der Waals surface area contributed by atoms with Crippen LogP contribution < -0.4 is 16.4 Å². The second-order valence-electron chi connectivity index (χ2n) is 5.30. The van der Waals surface area contributed by atoms with E-state index < -0.39 is 0 Å². The van der Waals surface area contributed by atoms with Gasteiger partial charge in [-0.15, -0.1) is 24.2 Å². The maximum absolute atomic E-state index is 12.3. The molecule has 1 amide bonds. The number of carbonyl (C=O) groups excluding carboxylic acids is 1. The number of nitrogens with two attached hydrogens (primary N) is 1. The molecule has 0 unspecified atom stereocenters. The number of halogens is 1. The average molecular weight is 329 g/mol. The molecule has 0 saturated carbocycles. The third kappa shape index (κ3) is 3.96. The first-order chi connectivity index (χ1) is 9.72. The number of carbonyl (C=O) groups is 1. The van der Waals surface area contributed by atoms with Crippen LogP contribution >= 0.6 is 24.2 Å². The van der Waals surface area contributed by atoms with Gasteiger partial charge in [0, 0.05) is 36.3 Å². The molecule has 2 heterocycles. The number of nitrogens with zero attached hydrogens (tertiary/aromatic N) is 1. The summed E-state index contributed by atoms with van der Waals surface area (Å²) < 4.78 is 0. The Kier molecular flexibility index (Phi) is 5.61. The number of hydrogen-bond acceptors (Lipinski definition) is 5. The lowest BCUT2D eigenvalue weighted by molar-refractivity contribution is -0.131. The van der Waals surface area contributed by atoms with Gasteiger partial charge in [0.2, 0.25) is 5.91 Å². The Morgan fingerprint density at radius 3 is 2.81 bits per heavy atom. The Bertz CT molecular complexity index is 478. The zero-order chi connectivity index (χ0) is 13.9. The third-order valence-electron chi connectivity index (χ3n) is 3.77. The van der Waals surface area contributed by atoms with E-state index in [4.69, 9.17) is 5.73 Å². The Morgan fingerprint density at radius 1 is 1.38 bits per heavy atom. The summed E-state index contributed by atoms with van der Waals surface area (Å²) in [5.74, 6) is 2.15. The maximum Gasteiger partial charge on any atom is 0.240 e. The molecule has 2 fully saturated rings. The molecule has 116 valence electrons. The van der Waals surface area contributed by atoms with Gasteiger partial charge >= 0.3 is 0 Å². The Hall–Kier alpha value is -1.11. The van der Waals surface area contributed by atoms with Gasteiger partial charge in [-0.1, -0.05) is 0 Å². The number of hydrogen-bond donors (Lipinski definition) is 3. The number of anilines is 2. The topological polar surface area (TPSA) is 70.4 Å². The predicted octanol–water partition coefficient (Wildman–Crippen LogP) is 1.37. The number of amides is 1. The molecule has 2 aliphatic heterocycles. The van der Waals surface area contributed by atoms with E-state index >= 15 is 0 Å². The molecule has 4 N–H and O–H groups in total. The van der Waals surface area contributed by atoms with Gasteiger partial charge in [0.05, 0.1) is 11.9 Å². The van der Waals surface area contributed by atoms with Crippen LogP contribution in [0.4, 0.5) is 11.4 Å². The average Bonchev–Trinajstić information content (AvgIpc) is 3.12. The zero-order valence-corrected chi connectivity index (χ0v) is 13.4. The highest BCUT2D eigenvalue weighted by Gasteiger charge is 2.33. The smallest absolute Gasteiger partial charge is 0.240 e. The minimum atomic E-state index is -0.0417. The van der Waals surface area contributed by atoms with Crippen LogP contribution in [-0.4, -0.2) is 47.6 Å². The van der Waals surface area contributed by atoms with E-state index in [1.54, 1.807) is 0 Å². The summed E-state index contributed by atoms with van der Waals surface area (Å²) in [7, 11) is 0. The molecule has 0 radical (unpaired) electrons. The lowest BCUT2D eigenvalue weighted by atomic mass is 10.1. The first-order valence-electron chi connectivity index (χ1n) is 6.94. The van der Waals surface area contributed by atoms with Crippen molar-refractivity contribution in [2.75, 3.05) is 35.8 Å². The van der Waals surface area contributed by atoms with E-state index in [-0.39, 0.29) is 24.4 Å². The minimum Gasteiger partial charge on any atom is -0.399 e. The molecule has 5 nitrogen and oxygen atoms in total. The summed E-state index contributed by atoms with van der Waals surface area (Å²) in [5, 5.41) is 6.78. The van der Waals surface area contributed by atoms with E-state index in [2.05, 4.69) is 10.6 Å². The van der Waals surface area contributed by atoms with Crippen molar-refractivity contribution in [1.29, 1.82) is 0 Å².